The monoisotopic (exact) mass is 322 g/mol. The number of nitrogens with one attached hydrogen (secondary N) is 1. The summed E-state index contributed by atoms with van der Waals surface area (Å²) in [5.41, 5.74) is 3.49. The number of amides is 1. The first-order valence-electron chi connectivity index (χ1n) is 8.06. The van der Waals surface area contributed by atoms with E-state index in [1.807, 2.05) is 48.3 Å². The molecule has 0 fully saturated rings. The molecule has 24 heavy (non-hydrogen) atoms. The van der Waals surface area contributed by atoms with Gasteiger partial charge in [0.15, 0.2) is 11.5 Å². The molecule has 1 aliphatic rings. The quantitative estimate of drug-likeness (QED) is 0.805. The Hall–Kier alpha value is -2.89. The largest absolute Gasteiger partial charge is 0.355 e. The molecule has 0 saturated carbocycles. The number of nitrogens with zero attached hydrogens (tertiary/aromatic N) is 3. The van der Waals surface area contributed by atoms with Crippen LogP contribution in [0.4, 0.5) is 0 Å². The molecule has 0 spiro atoms. The predicted molar refractivity (Wildman–Crippen MR) is 88.3 cm³/mol. The number of aromatic nitrogens is 3. The molecule has 6 heteroatoms. The molecule has 1 atom stereocenters. The van der Waals surface area contributed by atoms with Gasteiger partial charge in [-0.25, -0.2) is 0 Å². The second-order valence-corrected chi connectivity index (χ2v) is 6.03. The van der Waals surface area contributed by atoms with Crippen LogP contribution in [0, 0.1) is 0 Å². The molecule has 122 valence electrons. The summed E-state index contributed by atoms with van der Waals surface area (Å²) in [6.07, 6.45) is 4.79. The number of benzene rings is 1. The van der Waals surface area contributed by atoms with Crippen molar-refractivity contribution in [1.82, 2.24) is 20.3 Å². The average molecular weight is 322 g/mol. The lowest BCUT2D eigenvalue weighted by Gasteiger charge is -2.23. The van der Waals surface area contributed by atoms with E-state index < -0.39 is 0 Å². The van der Waals surface area contributed by atoms with Crippen molar-refractivity contribution in [2.75, 3.05) is 0 Å². The van der Waals surface area contributed by atoms with Crippen molar-refractivity contribution in [3.63, 3.8) is 0 Å². The maximum atomic E-state index is 12.5. The smallest absolute Gasteiger partial charge is 0.273 e. The van der Waals surface area contributed by atoms with Gasteiger partial charge in [-0.15, -0.1) is 0 Å². The van der Waals surface area contributed by atoms with E-state index in [1.165, 1.54) is 5.69 Å². The third-order valence-electron chi connectivity index (χ3n) is 4.48. The normalized spacial score (nSPS) is 16.6. The lowest BCUT2D eigenvalue weighted by molar-refractivity contribution is 0.0923. The molecular formula is C18H18N4O2. The van der Waals surface area contributed by atoms with E-state index in [1.54, 1.807) is 6.07 Å². The van der Waals surface area contributed by atoms with Gasteiger partial charge in [-0.3, -0.25) is 9.48 Å². The van der Waals surface area contributed by atoms with Crippen molar-refractivity contribution in [2.45, 2.75) is 25.3 Å². The second kappa shape index (κ2) is 5.96. The number of carbonyl (C=O) groups excluding carboxylic acids is 1. The van der Waals surface area contributed by atoms with Crippen molar-refractivity contribution >= 4 is 5.91 Å². The fraction of sp³-hybridized carbons (Fsp3) is 0.278. The highest BCUT2D eigenvalue weighted by molar-refractivity contribution is 5.93. The topological polar surface area (TPSA) is 73.0 Å². The zero-order chi connectivity index (χ0) is 16.5. The van der Waals surface area contributed by atoms with E-state index in [0.29, 0.717) is 11.5 Å². The maximum Gasteiger partial charge on any atom is 0.273 e. The van der Waals surface area contributed by atoms with Gasteiger partial charge in [-0.05, 0) is 19.3 Å². The Labute approximate surface area is 139 Å². The summed E-state index contributed by atoms with van der Waals surface area (Å²) >= 11 is 0. The number of hydrogen-bond donors (Lipinski definition) is 1. The molecule has 1 amide bonds. The number of hydrogen-bond acceptors (Lipinski definition) is 4. The van der Waals surface area contributed by atoms with Crippen molar-refractivity contribution in [2.24, 2.45) is 7.05 Å². The van der Waals surface area contributed by atoms with Crippen molar-refractivity contribution in [1.29, 1.82) is 0 Å². The molecule has 2 heterocycles. The Morgan fingerprint density at radius 1 is 1.33 bits per heavy atom. The first-order chi connectivity index (χ1) is 11.7. The van der Waals surface area contributed by atoms with Crippen LogP contribution in [0.5, 0.6) is 0 Å². The standard InChI is InChI=1S/C18H18N4O2/c1-22-16-9-5-8-14(13(16)11-19-22)20-18(23)15-10-17(24-21-15)12-6-3-2-4-7-12/h2-4,6-7,10-11,14H,5,8-9H2,1H3,(H,20,23)/t14-/m1/s1. The number of rotatable bonds is 3. The van der Waals surface area contributed by atoms with Gasteiger partial charge in [0.2, 0.25) is 0 Å². The van der Waals surface area contributed by atoms with Crippen molar-refractivity contribution in [3.8, 4) is 11.3 Å². The average Bonchev–Trinajstić information content (AvgIpc) is 3.24. The molecule has 0 bridgehead atoms. The minimum absolute atomic E-state index is 0.0215. The zero-order valence-electron chi connectivity index (χ0n) is 13.4. The lowest BCUT2D eigenvalue weighted by Crippen LogP contribution is -2.31. The predicted octanol–water partition coefficient (Wildman–Crippen LogP) is 2.88. The van der Waals surface area contributed by atoms with Crippen molar-refractivity contribution in [3.05, 3.63) is 59.5 Å². The van der Waals surface area contributed by atoms with Crippen LogP contribution in [0.2, 0.25) is 0 Å². The highest BCUT2D eigenvalue weighted by Gasteiger charge is 2.26. The van der Waals surface area contributed by atoms with Crippen LogP contribution in [0.25, 0.3) is 11.3 Å². The van der Waals surface area contributed by atoms with E-state index in [4.69, 9.17) is 4.52 Å². The van der Waals surface area contributed by atoms with Gasteiger partial charge < -0.3 is 9.84 Å². The minimum Gasteiger partial charge on any atom is -0.355 e. The number of carbonyl (C=O) groups is 1. The van der Waals surface area contributed by atoms with Crippen LogP contribution in [0.3, 0.4) is 0 Å². The summed E-state index contributed by atoms with van der Waals surface area (Å²) in [4.78, 5) is 12.5. The fourth-order valence-electron chi connectivity index (χ4n) is 3.21. The van der Waals surface area contributed by atoms with Gasteiger partial charge in [0, 0.05) is 29.9 Å². The third kappa shape index (κ3) is 2.60. The van der Waals surface area contributed by atoms with Crippen molar-refractivity contribution < 1.29 is 9.32 Å². The Morgan fingerprint density at radius 2 is 2.17 bits per heavy atom. The Morgan fingerprint density at radius 3 is 3.00 bits per heavy atom. The molecule has 1 N–H and O–H groups in total. The molecule has 0 radical (unpaired) electrons. The molecule has 0 aliphatic heterocycles. The molecular weight excluding hydrogens is 304 g/mol. The van der Waals surface area contributed by atoms with E-state index in [-0.39, 0.29) is 11.9 Å². The second-order valence-electron chi connectivity index (χ2n) is 6.03. The Bertz CT molecular complexity index is 866. The first kappa shape index (κ1) is 14.7. The first-order valence-corrected chi connectivity index (χ1v) is 8.06. The minimum atomic E-state index is -0.220. The Kier molecular flexibility index (Phi) is 3.65. The molecule has 1 aliphatic carbocycles. The summed E-state index contributed by atoms with van der Waals surface area (Å²) < 4.78 is 7.19. The fourth-order valence-corrected chi connectivity index (χ4v) is 3.21. The highest BCUT2D eigenvalue weighted by atomic mass is 16.5. The van der Waals surface area contributed by atoms with E-state index in [2.05, 4.69) is 15.6 Å². The molecule has 0 saturated heterocycles. The maximum absolute atomic E-state index is 12.5. The molecule has 1 aromatic carbocycles. The molecule has 6 nitrogen and oxygen atoms in total. The van der Waals surface area contributed by atoms with Crippen LogP contribution in [-0.2, 0) is 13.5 Å². The van der Waals surface area contributed by atoms with Gasteiger partial charge in [-0.1, -0.05) is 35.5 Å². The summed E-state index contributed by atoms with van der Waals surface area (Å²) in [6, 6.07) is 11.3. The third-order valence-corrected chi connectivity index (χ3v) is 4.48. The summed E-state index contributed by atoms with van der Waals surface area (Å²) in [5, 5.41) is 11.3. The Balaban J connectivity index is 1.53. The summed E-state index contributed by atoms with van der Waals surface area (Å²) in [5.74, 6) is 0.370. The number of aryl methyl sites for hydroxylation is 1. The van der Waals surface area contributed by atoms with E-state index >= 15 is 0 Å². The zero-order valence-corrected chi connectivity index (χ0v) is 13.4. The number of fused-ring (bicyclic) bond motifs is 1. The van der Waals surface area contributed by atoms with Gasteiger partial charge in [0.1, 0.15) is 0 Å². The molecule has 2 aromatic heterocycles. The van der Waals surface area contributed by atoms with Gasteiger partial charge in [0.05, 0.1) is 12.2 Å². The summed E-state index contributed by atoms with van der Waals surface area (Å²) in [7, 11) is 1.94. The molecule has 0 unspecified atom stereocenters. The highest BCUT2D eigenvalue weighted by Crippen LogP contribution is 2.29. The van der Waals surface area contributed by atoms with E-state index in [9.17, 15) is 4.79 Å². The van der Waals surface area contributed by atoms with Crippen LogP contribution >= 0.6 is 0 Å². The summed E-state index contributed by atoms with van der Waals surface area (Å²) in [6.45, 7) is 0. The van der Waals surface area contributed by atoms with Crippen LogP contribution in [0.1, 0.15) is 40.6 Å². The van der Waals surface area contributed by atoms with Gasteiger partial charge in [-0.2, -0.15) is 5.10 Å². The molecule has 3 aromatic rings. The SMILES string of the molecule is Cn1ncc2c1CCC[C@H]2NC(=O)c1cc(-c2ccccc2)on1. The van der Waals surface area contributed by atoms with Gasteiger partial charge in [0.25, 0.3) is 5.91 Å². The molecule has 4 rings (SSSR count). The van der Waals surface area contributed by atoms with Crippen LogP contribution in [0.15, 0.2) is 47.1 Å². The van der Waals surface area contributed by atoms with Gasteiger partial charge >= 0.3 is 0 Å². The van der Waals surface area contributed by atoms with E-state index in [0.717, 1.165) is 30.4 Å². The lowest BCUT2D eigenvalue weighted by atomic mass is 9.93. The van der Waals surface area contributed by atoms with Crippen LogP contribution in [-0.4, -0.2) is 20.8 Å². The van der Waals surface area contributed by atoms with Crippen LogP contribution < -0.4 is 5.32 Å².